The van der Waals surface area contributed by atoms with Crippen LogP contribution >= 0.6 is 0 Å². The minimum atomic E-state index is -0.812. The number of carboxylic acid groups (broad SMARTS) is 1. The number of aromatic nitrogens is 1. The minimum absolute atomic E-state index is 0.0741. The molecule has 8 nitrogen and oxygen atoms in total. The Labute approximate surface area is 212 Å². The molecule has 192 valence electrons. The van der Waals surface area contributed by atoms with Crippen LogP contribution < -0.4 is 15.4 Å². The number of hydrogen-bond acceptors (Lipinski definition) is 7. The molecule has 0 bridgehead atoms. The maximum atomic E-state index is 10.8. The van der Waals surface area contributed by atoms with Gasteiger partial charge in [0.2, 0.25) is 5.88 Å². The van der Waals surface area contributed by atoms with Crippen molar-refractivity contribution in [1.82, 2.24) is 4.98 Å². The van der Waals surface area contributed by atoms with Gasteiger partial charge in [-0.25, -0.2) is 4.98 Å². The van der Waals surface area contributed by atoms with Crippen molar-refractivity contribution in [3.05, 3.63) is 60.0 Å². The Hall–Kier alpha value is -3.52. The normalized spacial score (nSPS) is 14.8. The third-order valence-corrected chi connectivity index (χ3v) is 6.68. The number of carbonyl (C=O) groups is 1. The number of hydrogen-bond donors (Lipinski definition) is 3. The number of rotatable bonds is 12. The van der Waals surface area contributed by atoms with E-state index >= 15 is 0 Å². The smallest absolute Gasteiger partial charge is 0.305 e. The van der Waals surface area contributed by atoms with Gasteiger partial charge in [-0.05, 0) is 55.2 Å². The van der Waals surface area contributed by atoms with Crippen LogP contribution in [0.25, 0.3) is 11.3 Å². The first kappa shape index (κ1) is 25.6. The molecule has 3 N–H and O–H groups in total. The highest BCUT2D eigenvalue weighted by Crippen LogP contribution is 2.41. The SMILES string of the molecule is COCc1oc(-c2ccc(OC)nc2)cc1C(Nc1ccc(NCCC(=O)O)cc1)C1CCCCC1. The first-order chi connectivity index (χ1) is 17.6. The summed E-state index contributed by atoms with van der Waals surface area (Å²) in [6.07, 6.45) is 7.88. The average molecular weight is 494 g/mol. The third-order valence-electron chi connectivity index (χ3n) is 6.68. The van der Waals surface area contributed by atoms with Crippen LogP contribution in [-0.2, 0) is 16.1 Å². The first-order valence-electron chi connectivity index (χ1n) is 12.5. The summed E-state index contributed by atoms with van der Waals surface area (Å²) in [5, 5.41) is 15.8. The molecule has 36 heavy (non-hydrogen) atoms. The van der Waals surface area contributed by atoms with Gasteiger partial charge in [-0.15, -0.1) is 0 Å². The number of anilines is 2. The van der Waals surface area contributed by atoms with Gasteiger partial charge in [0.1, 0.15) is 18.1 Å². The highest BCUT2D eigenvalue weighted by Gasteiger charge is 2.29. The van der Waals surface area contributed by atoms with E-state index in [1.807, 2.05) is 36.4 Å². The van der Waals surface area contributed by atoms with Gasteiger partial charge in [-0.1, -0.05) is 19.3 Å². The fourth-order valence-electron chi connectivity index (χ4n) is 4.83. The fourth-order valence-corrected chi connectivity index (χ4v) is 4.83. The third kappa shape index (κ3) is 6.57. The van der Waals surface area contributed by atoms with Gasteiger partial charge in [0.15, 0.2) is 0 Å². The summed E-state index contributed by atoms with van der Waals surface area (Å²) in [5.41, 5.74) is 3.90. The Morgan fingerprint density at radius 3 is 2.50 bits per heavy atom. The van der Waals surface area contributed by atoms with E-state index < -0.39 is 5.97 Å². The fraction of sp³-hybridized carbons (Fsp3) is 0.429. The number of aliphatic carboxylic acids is 1. The second-order valence-corrected chi connectivity index (χ2v) is 9.18. The monoisotopic (exact) mass is 493 g/mol. The van der Waals surface area contributed by atoms with E-state index in [1.165, 1.54) is 19.3 Å². The van der Waals surface area contributed by atoms with Crippen molar-refractivity contribution in [2.45, 2.75) is 51.2 Å². The zero-order valence-corrected chi connectivity index (χ0v) is 21.0. The Kier molecular flexibility index (Phi) is 8.84. The summed E-state index contributed by atoms with van der Waals surface area (Å²) in [6, 6.07) is 14.0. The zero-order valence-electron chi connectivity index (χ0n) is 21.0. The van der Waals surface area contributed by atoms with Gasteiger partial charge in [0.25, 0.3) is 0 Å². The molecule has 0 aliphatic heterocycles. The van der Waals surface area contributed by atoms with Crippen LogP contribution in [-0.4, -0.2) is 36.8 Å². The molecular formula is C28H35N3O5. The Morgan fingerprint density at radius 2 is 1.86 bits per heavy atom. The molecule has 8 heteroatoms. The lowest BCUT2D eigenvalue weighted by molar-refractivity contribution is -0.136. The van der Waals surface area contributed by atoms with Crippen molar-refractivity contribution in [1.29, 1.82) is 0 Å². The summed E-state index contributed by atoms with van der Waals surface area (Å²) in [7, 11) is 3.28. The van der Waals surface area contributed by atoms with Gasteiger partial charge in [-0.3, -0.25) is 4.79 Å². The highest BCUT2D eigenvalue weighted by molar-refractivity contribution is 5.67. The predicted molar refractivity (Wildman–Crippen MR) is 139 cm³/mol. The molecule has 1 atom stereocenters. The molecule has 0 radical (unpaired) electrons. The number of methoxy groups -OCH3 is 2. The van der Waals surface area contributed by atoms with E-state index in [1.54, 1.807) is 20.4 Å². The predicted octanol–water partition coefficient (Wildman–Crippen LogP) is 6.12. The van der Waals surface area contributed by atoms with Crippen molar-refractivity contribution in [3.8, 4) is 17.2 Å². The molecule has 1 aliphatic carbocycles. The molecule has 1 aliphatic rings. The first-order valence-corrected chi connectivity index (χ1v) is 12.5. The molecule has 1 aromatic carbocycles. The van der Waals surface area contributed by atoms with Crippen molar-refractivity contribution in [2.24, 2.45) is 5.92 Å². The molecule has 1 saturated carbocycles. The van der Waals surface area contributed by atoms with Crippen LogP contribution in [0.5, 0.6) is 5.88 Å². The molecule has 0 spiro atoms. The number of pyridine rings is 1. The molecule has 3 aromatic rings. The molecule has 0 saturated heterocycles. The molecule has 2 aromatic heterocycles. The highest BCUT2D eigenvalue weighted by atomic mass is 16.5. The number of ether oxygens (including phenoxy) is 2. The lowest BCUT2D eigenvalue weighted by atomic mass is 9.81. The van der Waals surface area contributed by atoms with Crippen molar-refractivity contribution >= 4 is 17.3 Å². The van der Waals surface area contributed by atoms with Gasteiger partial charge >= 0.3 is 5.97 Å². The quantitative estimate of drug-likeness (QED) is 0.277. The number of furan rings is 1. The lowest BCUT2D eigenvalue weighted by Gasteiger charge is -2.32. The Balaban J connectivity index is 1.60. The minimum Gasteiger partial charge on any atom is -0.481 e. The van der Waals surface area contributed by atoms with Crippen LogP contribution in [0.15, 0.2) is 53.1 Å². The number of benzene rings is 1. The maximum Gasteiger partial charge on any atom is 0.305 e. The average Bonchev–Trinajstić information content (AvgIpc) is 3.32. The van der Waals surface area contributed by atoms with Gasteiger partial charge in [0.05, 0.1) is 19.6 Å². The van der Waals surface area contributed by atoms with E-state index in [-0.39, 0.29) is 12.5 Å². The zero-order chi connectivity index (χ0) is 25.3. The summed E-state index contributed by atoms with van der Waals surface area (Å²) < 4.78 is 17.0. The Morgan fingerprint density at radius 1 is 1.11 bits per heavy atom. The van der Waals surface area contributed by atoms with Crippen LogP contribution in [0.4, 0.5) is 11.4 Å². The maximum absolute atomic E-state index is 10.8. The number of nitrogens with zero attached hydrogens (tertiary/aromatic N) is 1. The van der Waals surface area contributed by atoms with Gasteiger partial charge < -0.3 is 29.6 Å². The summed E-state index contributed by atoms with van der Waals surface area (Å²) in [5.74, 6) is 1.80. The van der Waals surface area contributed by atoms with E-state index in [0.29, 0.717) is 24.9 Å². The lowest BCUT2D eigenvalue weighted by Crippen LogP contribution is -2.24. The van der Waals surface area contributed by atoms with Crippen LogP contribution in [0.2, 0.25) is 0 Å². The summed E-state index contributed by atoms with van der Waals surface area (Å²) >= 11 is 0. The topological polar surface area (TPSA) is 106 Å². The second-order valence-electron chi connectivity index (χ2n) is 9.18. The van der Waals surface area contributed by atoms with Crippen molar-refractivity contribution < 1.29 is 23.8 Å². The standard InChI is InChI=1S/C28H35N3O5/c1-34-18-25-23(16-24(36-25)20-8-13-26(35-2)30-17-20)28(19-6-4-3-5-7-19)31-22-11-9-21(10-12-22)29-15-14-27(32)33/h8-13,16-17,19,28-29,31H,3-7,14-15,18H2,1-2H3,(H,32,33). The number of carboxylic acids is 1. The van der Waals surface area contributed by atoms with Crippen molar-refractivity contribution in [2.75, 3.05) is 31.4 Å². The molecule has 0 amide bonds. The van der Waals surface area contributed by atoms with Crippen LogP contribution in [0.1, 0.15) is 55.9 Å². The van der Waals surface area contributed by atoms with Gasteiger partial charge in [-0.2, -0.15) is 0 Å². The van der Waals surface area contributed by atoms with E-state index in [4.69, 9.17) is 19.0 Å². The Bertz CT molecular complexity index is 1110. The van der Waals surface area contributed by atoms with E-state index in [0.717, 1.165) is 46.9 Å². The molecule has 2 heterocycles. The molecular weight excluding hydrogens is 458 g/mol. The number of nitrogens with one attached hydrogen (secondary N) is 2. The molecule has 4 rings (SSSR count). The van der Waals surface area contributed by atoms with E-state index in [9.17, 15) is 4.79 Å². The second kappa shape index (κ2) is 12.4. The molecule has 1 unspecified atom stereocenters. The molecule has 1 fully saturated rings. The van der Waals surface area contributed by atoms with Crippen LogP contribution in [0, 0.1) is 5.92 Å². The van der Waals surface area contributed by atoms with E-state index in [2.05, 4.69) is 21.7 Å². The van der Waals surface area contributed by atoms with Crippen molar-refractivity contribution in [3.63, 3.8) is 0 Å². The van der Waals surface area contributed by atoms with Gasteiger partial charge in [0, 0.05) is 48.4 Å². The largest absolute Gasteiger partial charge is 0.481 e. The van der Waals surface area contributed by atoms with Crippen LogP contribution in [0.3, 0.4) is 0 Å². The summed E-state index contributed by atoms with van der Waals surface area (Å²) in [4.78, 5) is 15.1. The summed E-state index contributed by atoms with van der Waals surface area (Å²) in [6.45, 7) is 0.779.